The minimum absolute atomic E-state index is 0.00630. The van der Waals surface area contributed by atoms with Gasteiger partial charge in [-0.1, -0.05) is 6.42 Å². The molecule has 3 atom stereocenters. The van der Waals surface area contributed by atoms with E-state index in [4.69, 9.17) is 4.74 Å². The van der Waals surface area contributed by atoms with E-state index in [0.717, 1.165) is 19.8 Å². The predicted octanol–water partition coefficient (Wildman–Crippen LogP) is 0.0339. The van der Waals surface area contributed by atoms with Gasteiger partial charge in [-0.15, -0.1) is 0 Å². The number of esters is 1. The highest BCUT2D eigenvalue weighted by atomic mass is 16.5. The average molecular weight is 276 g/mol. The van der Waals surface area contributed by atoms with Crippen molar-refractivity contribution in [3.8, 4) is 0 Å². The van der Waals surface area contributed by atoms with E-state index in [1.165, 1.54) is 37.6 Å². The van der Waals surface area contributed by atoms with Crippen LogP contribution < -0.4 is 10.6 Å². The largest absolute Gasteiger partial charge is 0.463 e. The molecule has 4 rings (SSSR count). The molecule has 2 N–H and O–H groups in total. The number of amidine groups is 1. The van der Waals surface area contributed by atoms with Crippen molar-refractivity contribution in [2.24, 2.45) is 16.8 Å². The van der Waals surface area contributed by atoms with E-state index in [1.54, 1.807) is 0 Å². The lowest BCUT2D eigenvalue weighted by atomic mass is 9.87. The molecule has 3 aliphatic heterocycles. The molecule has 4 aliphatic rings. The van der Waals surface area contributed by atoms with Crippen LogP contribution in [0.25, 0.3) is 0 Å². The molecular formula is C14H20N4O2. The highest BCUT2D eigenvalue weighted by Crippen LogP contribution is 2.43. The third-order valence-corrected chi connectivity index (χ3v) is 5.04. The molecule has 0 saturated heterocycles. The fourth-order valence-electron chi connectivity index (χ4n) is 4.11. The summed E-state index contributed by atoms with van der Waals surface area (Å²) < 4.78 is 4.83. The Labute approximate surface area is 118 Å². The second-order valence-corrected chi connectivity index (χ2v) is 5.99. The van der Waals surface area contributed by atoms with Crippen molar-refractivity contribution in [2.75, 3.05) is 26.9 Å². The molecule has 1 aliphatic carbocycles. The molecule has 3 heterocycles. The summed E-state index contributed by atoms with van der Waals surface area (Å²) in [6, 6.07) is 0. The van der Waals surface area contributed by atoms with Gasteiger partial charge in [0.1, 0.15) is 0 Å². The van der Waals surface area contributed by atoms with Gasteiger partial charge in [-0.25, -0.2) is 9.79 Å². The van der Waals surface area contributed by atoms with Crippen LogP contribution in [-0.2, 0) is 9.53 Å². The lowest BCUT2D eigenvalue weighted by Crippen LogP contribution is -2.56. The maximum absolute atomic E-state index is 11.8. The summed E-state index contributed by atoms with van der Waals surface area (Å²) in [7, 11) is 1.42. The number of methoxy groups -OCH3 is 1. The molecule has 1 saturated carbocycles. The minimum atomic E-state index is -0.311. The van der Waals surface area contributed by atoms with Gasteiger partial charge in [0.2, 0.25) is 5.84 Å². The van der Waals surface area contributed by atoms with Crippen LogP contribution in [-0.4, -0.2) is 49.7 Å². The Kier molecular flexibility index (Phi) is 2.73. The fourth-order valence-corrected chi connectivity index (χ4v) is 4.11. The Hall–Kier alpha value is -1.56. The molecule has 20 heavy (non-hydrogen) atoms. The van der Waals surface area contributed by atoms with Crippen molar-refractivity contribution < 1.29 is 9.53 Å². The van der Waals surface area contributed by atoms with Crippen molar-refractivity contribution in [1.82, 2.24) is 15.5 Å². The normalized spacial score (nSPS) is 35.0. The van der Waals surface area contributed by atoms with Crippen molar-refractivity contribution in [3.05, 3.63) is 11.3 Å². The zero-order valence-electron chi connectivity index (χ0n) is 11.7. The molecule has 0 aromatic carbocycles. The van der Waals surface area contributed by atoms with Crippen LogP contribution in [0.15, 0.2) is 16.3 Å². The van der Waals surface area contributed by atoms with E-state index in [9.17, 15) is 4.79 Å². The number of rotatable bonds is 1. The first-order chi connectivity index (χ1) is 9.79. The number of hydrogen-bond acceptors (Lipinski definition) is 6. The van der Waals surface area contributed by atoms with Crippen molar-refractivity contribution >= 4 is 11.8 Å². The maximum atomic E-state index is 11.8. The van der Waals surface area contributed by atoms with E-state index in [2.05, 4.69) is 20.5 Å². The SMILES string of the molecule is COC(=O)C1=NC2C3=C(CNCN3)C3CCCC3CN12. The monoisotopic (exact) mass is 276 g/mol. The Morgan fingerprint density at radius 3 is 3.20 bits per heavy atom. The first kappa shape index (κ1) is 12.2. The quantitative estimate of drug-likeness (QED) is 0.662. The van der Waals surface area contributed by atoms with E-state index < -0.39 is 0 Å². The molecule has 0 amide bonds. The van der Waals surface area contributed by atoms with Gasteiger partial charge in [-0.3, -0.25) is 5.32 Å². The maximum Gasteiger partial charge on any atom is 0.373 e. The van der Waals surface area contributed by atoms with Gasteiger partial charge in [0.15, 0.2) is 6.17 Å². The van der Waals surface area contributed by atoms with Gasteiger partial charge in [-0.05, 0) is 30.3 Å². The summed E-state index contributed by atoms with van der Waals surface area (Å²) in [4.78, 5) is 18.4. The number of hydrogen-bond donors (Lipinski definition) is 2. The number of nitrogens with one attached hydrogen (secondary N) is 2. The van der Waals surface area contributed by atoms with Gasteiger partial charge >= 0.3 is 5.97 Å². The highest BCUT2D eigenvalue weighted by molar-refractivity contribution is 6.37. The summed E-state index contributed by atoms with van der Waals surface area (Å²) in [5.41, 5.74) is 2.71. The third kappa shape index (κ3) is 1.60. The Bertz CT molecular complexity index is 513. The average Bonchev–Trinajstić information content (AvgIpc) is 2.89. The van der Waals surface area contributed by atoms with Crippen molar-refractivity contribution in [1.29, 1.82) is 0 Å². The smallest absolute Gasteiger partial charge is 0.373 e. The second-order valence-electron chi connectivity index (χ2n) is 5.99. The molecule has 0 aromatic rings. The van der Waals surface area contributed by atoms with Gasteiger partial charge < -0.3 is 15.0 Å². The van der Waals surface area contributed by atoms with Gasteiger partial charge in [-0.2, -0.15) is 0 Å². The van der Waals surface area contributed by atoms with Crippen molar-refractivity contribution in [3.63, 3.8) is 0 Å². The van der Waals surface area contributed by atoms with E-state index in [-0.39, 0.29) is 12.1 Å². The van der Waals surface area contributed by atoms with Gasteiger partial charge in [0.25, 0.3) is 0 Å². The van der Waals surface area contributed by atoms with Crippen LogP contribution in [0, 0.1) is 11.8 Å². The van der Waals surface area contributed by atoms with Crippen LogP contribution >= 0.6 is 0 Å². The van der Waals surface area contributed by atoms with Crippen LogP contribution in [0.2, 0.25) is 0 Å². The van der Waals surface area contributed by atoms with Gasteiger partial charge in [0, 0.05) is 13.1 Å². The molecule has 108 valence electrons. The van der Waals surface area contributed by atoms with Crippen molar-refractivity contribution in [2.45, 2.75) is 25.4 Å². The van der Waals surface area contributed by atoms with Crippen LogP contribution in [0.1, 0.15) is 19.3 Å². The second kappa shape index (κ2) is 4.48. The summed E-state index contributed by atoms with van der Waals surface area (Å²) in [6.07, 6.45) is 3.81. The number of ether oxygens (including phenoxy) is 1. The molecule has 6 heteroatoms. The molecule has 0 spiro atoms. The lowest BCUT2D eigenvalue weighted by Gasteiger charge is -2.40. The summed E-state index contributed by atoms with van der Waals surface area (Å²) in [5.74, 6) is 1.47. The zero-order chi connectivity index (χ0) is 13.7. The number of aliphatic imine (C=N–C) groups is 1. The number of carbonyl (C=O) groups excluding carboxylic acids is 1. The molecule has 0 radical (unpaired) electrons. The summed E-state index contributed by atoms with van der Waals surface area (Å²) in [6.45, 7) is 2.67. The number of carbonyl (C=O) groups is 1. The molecule has 1 fully saturated rings. The highest BCUT2D eigenvalue weighted by Gasteiger charge is 2.47. The van der Waals surface area contributed by atoms with Crippen LogP contribution in [0.3, 0.4) is 0 Å². The third-order valence-electron chi connectivity index (χ3n) is 5.04. The van der Waals surface area contributed by atoms with Crippen LogP contribution in [0.5, 0.6) is 0 Å². The van der Waals surface area contributed by atoms with Crippen LogP contribution in [0.4, 0.5) is 0 Å². The molecule has 3 unspecified atom stereocenters. The summed E-state index contributed by atoms with van der Waals surface area (Å²) in [5, 5.41) is 6.85. The molecule has 0 bridgehead atoms. The molecule has 0 aromatic heterocycles. The van der Waals surface area contributed by atoms with E-state index >= 15 is 0 Å². The Morgan fingerprint density at radius 1 is 1.45 bits per heavy atom. The standard InChI is InChI=1S/C14H20N4O2/c1-20-14(19)13-17-12-11-10(5-15-7-16-11)9-4-2-3-8(9)6-18(12)13/h8-9,12,15-16H,2-7H2,1H3. The lowest BCUT2D eigenvalue weighted by molar-refractivity contribution is -0.134. The molecule has 6 nitrogen and oxygen atoms in total. The number of nitrogens with zero attached hydrogens (tertiary/aromatic N) is 2. The first-order valence-electron chi connectivity index (χ1n) is 7.40. The predicted molar refractivity (Wildman–Crippen MR) is 73.8 cm³/mol. The van der Waals surface area contributed by atoms with E-state index in [0.29, 0.717) is 17.7 Å². The fraction of sp³-hybridized carbons (Fsp3) is 0.714. The van der Waals surface area contributed by atoms with Gasteiger partial charge in [0.05, 0.1) is 19.5 Å². The Morgan fingerprint density at radius 2 is 2.35 bits per heavy atom. The first-order valence-corrected chi connectivity index (χ1v) is 7.40. The molecular weight excluding hydrogens is 256 g/mol. The summed E-state index contributed by atoms with van der Waals surface area (Å²) >= 11 is 0. The van der Waals surface area contributed by atoms with E-state index in [1.807, 2.05) is 0 Å². The number of fused-ring (bicyclic) bond motifs is 4. The Balaban J connectivity index is 1.72. The topological polar surface area (TPSA) is 66.0 Å². The zero-order valence-corrected chi connectivity index (χ0v) is 11.7. The minimum Gasteiger partial charge on any atom is -0.463 e.